The molecule has 5 aliphatic heterocycles. The molecule has 2 aromatic heterocycles. The molecule has 5 fully saturated rings. The molecule has 2 bridgehead atoms. The minimum absolute atomic E-state index is 0.0132. The van der Waals surface area contributed by atoms with E-state index in [2.05, 4.69) is 22.3 Å². The first-order valence-corrected chi connectivity index (χ1v) is 19.4. The second-order valence-electron chi connectivity index (χ2n) is 17.7. The number of benzene rings is 2. The Kier molecular flexibility index (Phi) is 7.36. The van der Waals surface area contributed by atoms with Gasteiger partial charge in [0.2, 0.25) is 5.88 Å². The molecule has 4 saturated heterocycles. The van der Waals surface area contributed by atoms with Crippen LogP contribution in [0.1, 0.15) is 71.8 Å². The van der Waals surface area contributed by atoms with Gasteiger partial charge in [-0.15, -0.1) is 6.42 Å². The van der Waals surface area contributed by atoms with E-state index in [1.807, 2.05) is 32.6 Å². The zero-order valence-corrected chi connectivity index (χ0v) is 31.6. The molecule has 1 spiro atoms. The number of rotatable bonds is 4. The molecule has 0 N–H and O–H groups in total. The number of halogens is 2. The third-order valence-electron chi connectivity index (χ3n) is 12.8. The third kappa shape index (κ3) is 5.29. The SMILES string of the molecule is C#Cc1c(F)ccc2cccc(-c3nc4c5c(nc(OCC67CC(=C)CN6CC6(CC6)C7)nc5c3F)N3C[C@H]5CC[C@@H]([C@H]3[C@H](C)O4)N5C(=O)OC(C)(C)C)c12. The number of carbonyl (C=O) groups is 1. The van der Waals surface area contributed by atoms with Crippen molar-refractivity contribution < 1.29 is 27.8 Å². The number of amides is 1. The van der Waals surface area contributed by atoms with Gasteiger partial charge in [0.1, 0.15) is 46.5 Å². The van der Waals surface area contributed by atoms with Gasteiger partial charge in [-0.05, 0) is 83.1 Å². The lowest BCUT2D eigenvalue weighted by Crippen LogP contribution is -2.65. The number of ether oxygens (including phenoxy) is 3. The number of carbonyl (C=O) groups excluding carboxylic acids is 1. The van der Waals surface area contributed by atoms with E-state index in [1.54, 1.807) is 24.3 Å². The molecule has 10 rings (SSSR count). The lowest BCUT2D eigenvalue weighted by molar-refractivity contribution is 0.000937. The van der Waals surface area contributed by atoms with Gasteiger partial charge in [0.15, 0.2) is 5.82 Å². The smallest absolute Gasteiger partial charge is 0.410 e. The Labute approximate surface area is 318 Å². The molecule has 284 valence electrons. The first-order valence-electron chi connectivity index (χ1n) is 19.4. The average Bonchev–Trinajstić information content (AvgIpc) is 3.63. The molecular weight excluding hydrogens is 703 g/mol. The number of aromatic nitrogens is 3. The van der Waals surface area contributed by atoms with Gasteiger partial charge in [-0.2, -0.15) is 9.97 Å². The van der Waals surface area contributed by atoms with E-state index in [1.165, 1.54) is 24.5 Å². The van der Waals surface area contributed by atoms with Gasteiger partial charge in [-0.1, -0.05) is 42.3 Å². The molecule has 55 heavy (non-hydrogen) atoms. The second kappa shape index (κ2) is 11.7. The van der Waals surface area contributed by atoms with E-state index >= 15 is 8.78 Å². The summed E-state index contributed by atoms with van der Waals surface area (Å²) in [4.78, 5) is 34.9. The molecule has 12 heteroatoms. The Morgan fingerprint density at radius 2 is 1.95 bits per heavy atom. The summed E-state index contributed by atoms with van der Waals surface area (Å²) < 4.78 is 51.9. The van der Waals surface area contributed by atoms with Gasteiger partial charge in [0.25, 0.3) is 0 Å². The molecule has 6 aliphatic rings. The maximum Gasteiger partial charge on any atom is 0.410 e. The van der Waals surface area contributed by atoms with Crippen LogP contribution in [0.25, 0.3) is 32.9 Å². The molecular formula is C43H44F2N6O4. The standard InChI is InChI=1S/C43H44F2N6O4/c1-7-27-29(44)13-11-25-9-8-10-28(31(25)27)34-33(45)35-32-37(48-39(47-35)53-22-43-17-23(2)18-49(43)21-42(20-43)15-16-42)50-19-26-12-14-30(36(50)24(3)54-38(32)46-34)51(26)40(52)55-41(4,5)6/h1,8-11,13,24,26,30,36H,2,12,14-22H2,3-6H3/t24-,26+,30-,36+,43?/m0/s1. The van der Waals surface area contributed by atoms with Crippen LogP contribution in [-0.4, -0.2) is 92.5 Å². The molecule has 1 aliphatic carbocycles. The average molecular weight is 747 g/mol. The largest absolute Gasteiger partial charge is 0.472 e. The van der Waals surface area contributed by atoms with Crippen molar-refractivity contribution >= 4 is 33.6 Å². The highest BCUT2D eigenvalue weighted by atomic mass is 19.1. The van der Waals surface area contributed by atoms with Crippen LogP contribution in [0, 0.1) is 29.4 Å². The summed E-state index contributed by atoms with van der Waals surface area (Å²) in [6, 6.07) is 7.44. The van der Waals surface area contributed by atoms with Gasteiger partial charge in [0.05, 0.1) is 29.2 Å². The quantitative estimate of drug-likeness (QED) is 0.157. The van der Waals surface area contributed by atoms with Crippen molar-refractivity contribution in [3.8, 4) is 35.5 Å². The third-order valence-corrected chi connectivity index (χ3v) is 12.8. The van der Waals surface area contributed by atoms with Crippen molar-refractivity contribution in [1.82, 2.24) is 24.8 Å². The maximum absolute atomic E-state index is 17.5. The Balaban J connectivity index is 1.13. The Hall–Kier alpha value is -5.02. The van der Waals surface area contributed by atoms with Crippen molar-refractivity contribution in [1.29, 1.82) is 0 Å². The zero-order chi connectivity index (χ0) is 38.2. The maximum atomic E-state index is 17.5. The number of hydrogen-bond acceptors (Lipinski definition) is 9. The summed E-state index contributed by atoms with van der Waals surface area (Å²) in [6.45, 7) is 14.5. The summed E-state index contributed by atoms with van der Waals surface area (Å²) >= 11 is 0. The number of nitrogens with zero attached hydrogens (tertiary/aromatic N) is 6. The number of pyridine rings is 1. The van der Waals surface area contributed by atoms with Crippen molar-refractivity contribution in [3.05, 3.63) is 59.7 Å². The number of terminal acetylenes is 1. The van der Waals surface area contributed by atoms with Crippen molar-refractivity contribution in [2.75, 3.05) is 31.1 Å². The highest BCUT2D eigenvalue weighted by Crippen LogP contribution is 2.61. The molecule has 5 atom stereocenters. The zero-order valence-electron chi connectivity index (χ0n) is 31.6. The Morgan fingerprint density at radius 1 is 1.13 bits per heavy atom. The summed E-state index contributed by atoms with van der Waals surface area (Å²) in [5, 5.41) is 1.33. The molecule has 0 radical (unpaired) electrons. The Morgan fingerprint density at radius 3 is 2.71 bits per heavy atom. The fourth-order valence-corrected chi connectivity index (χ4v) is 10.5. The fraction of sp³-hybridized carbons (Fsp3) is 0.488. The number of fused-ring (bicyclic) bond motifs is 7. The van der Waals surface area contributed by atoms with E-state index in [9.17, 15) is 4.79 Å². The fourth-order valence-electron chi connectivity index (χ4n) is 10.5. The predicted octanol–water partition coefficient (Wildman–Crippen LogP) is 7.41. The molecule has 10 nitrogen and oxygen atoms in total. The highest BCUT2D eigenvalue weighted by molar-refractivity contribution is 6.03. The summed E-state index contributed by atoms with van der Waals surface area (Å²) in [5.41, 5.74) is 0.884. The van der Waals surface area contributed by atoms with Crippen LogP contribution in [0.3, 0.4) is 0 Å². The Bertz CT molecular complexity index is 2390. The van der Waals surface area contributed by atoms with Crippen LogP contribution in [0.4, 0.5) is 19.4 Å². The van der Waals surface area contributed by atoms with Crippen molar-refractivity contribution in [2.24, 2.45) is 5.41 Å². The molecule has 7 heterocycles. The minimum atomic E-state index is -0.719. The van der Waals surface area contributed by atoms with Crippen molar-refractivity contribution in [3.63, 3.8) is 0 Å². The van der Waals surface area contributed by atoms with Crippen LogP contribution in [0.15, 0.2) is 42.5 Å². The summed E-state index contributed by atoms with van der Waals surface area (Å²) in [7, 11) is 0. The second-order valence-corrected chi connectivity index (χ2v) is 17.7. The monoisotopic (exact) mass is 746 g/mol. The van der Waals surface area contributed by atoms with E-state index < -0.39 is 23.3 Å². The van der Waals surface area contributed by atoms with Crippen LogP contribution in [0.5, 0.6) is 11.9 Å². The number of piperazine rings is 1. The number of hydrogen-bond donors (Lipinski definition) is 0. The van der Waals surface area contributed by atoms with Crippen molar-refractivity contribution in [2.45, 2.75) is 102 Å². The molecule has 4 aromatic rings. The summed E-state index contributed by atoms with van der Waals surface area (Å²) in [5.74, 6) is 1.76. The van der Waals surface area contributed by atoms with Crippen LogP contribution in [-0.2, 0) is 4.74 Å². The van der Waals surface area contributed by atoms with Crippen LogP contribution in [0.2, 0.25) is 0 Å². The van der Waals surface area contributed by atoms with Gasteiger partial charge in [-0.3, -0.25) is 9.80 Å². The van der Waals surface area contributed by atoms with Gasteiger partial charge < -0.3 is 19.1 Å². The normalized spacial score (nSPS) is 27.5. The molecule has 1 unspecified atom stereocenters. The first kappa shape index (κ1) is 34.5. The lowest BCUT2D eigenvalue weighted by Gasteiger charge is -2.48. The molecule has 2 aromatic carbocycles. The van der Waals surface area contributed by atoms with E-state index in [-0.39, 0.29) is 58.4 Å². The van der Waals surface area contributed by atoms with E-state index in [4.69, 9.17) is 35.6 Å². The summed E-state index contributed by atoms with van der Waals surface area (Å²) in [6.07, 6.45) is 10.8. The van der Waals surface area contributed by atoms with Gasteiger partial charge >= 0.3 is 12.1 Å². The van der Waals surface area contributed by atoms with E-state index in [0.29, 0.717) is 46.1 Å². The van der Waals surface area contributed by atoms with Gasteiger partial charge in [0, 0.05) is 30.6 Å². The minimum Gasteiger partial charge on any atom is -0.472 e. The first-order chi connectivity index (χ1) is 26.3. The van der Waals surface area contributed by atoms with Gasteiger partial charge in [-0.25, -0.2) is 18.6 Å². The van der Waals surface area contributed by atoms with Crippen LogP contribution < -0.4 is 14.4 Å². The predicted molar refractivity (Wildman–Crippen MR) is 204 cm³/mol. The lowest BCUT2D eigenvalue weighted by atomic mass is 9.88. The van der Waals surface area contributed by atoms with Crippen LogP contribution >= 0.6 is 0 Å². The number of anilines is 1. The highest BCUT2D eigenvalue weighted by Gasteiger charge is 2.61. The van der Waals surface area contributed by atoms with E-state index in [0.717, 1.165) is 38.8 Å². The molecule has 1 amide bonds. The topological polar surface area (TPSA) is 93.2 Å². The molecule has 1 saturated carbocycles.